The molecule has 0 aliphatic heterocycles. The van der Waals surface area contributed by atoms with Crippen molar-refractivity contribution in [2.75, 3.05) is 0 Å². The molecule has 0 fully saturated rings. The van der Waals surface area contributed by atoms with E-state index in [1.54, 1.807) is 0 Å². The van der Waals surface area contributed by atoms with Gasteiger partial charge in [-0.1, -0.05) is 45.0 Å². The lowest BCUT2D eigenvalue weighted by Crippen LogP contribution is -2.07. The smallest absolute Gasteiger partial charge is 0.0149 e. The Labute approximate surface area is 75.6 Å². The van der Waals surface area contributed by atoms with Gasteiger partial charge in [0.05, 0.1) is 0 Å². The van der Waals surface area contributed by atoms with Crippen LogP contribution >= 0.6 is 0 Å². The fourth-order valence-corrected chi connectivity index (χ4v) is 1.14. The van der Waals surface area contributed by atoms with E-state index in [2.05, 4.69) is 39.0 Å². The maximum absolute atomic E-state index is 3.25. The van der Waals surface area contributed by atoms with Gasteiger partial charge in [-0.15, -0.1) is 0 Å². The third-order valence-corrected chi connectivity index (χ3v) is 2.45. The van der Waals surface area contributed by atoms with Gasteiger partial charge in [-0.2, -0.15) is 0 Å². The van der Waals surface area contributed by atoms with Gasteiger partial charge in [0.25, 0.3) is 0 Å². The monoisotopic (exact) mass is 161 g/mol. The highest BCUT2D eigenvalue weighted by Crippen LogP contribution is 2.15. The van der Waals surface area contributed by atoms with E-state index < -0.39 is 0 Å². The Morgan fingerprint density at radius 3 is 2.50 bits per heavy atom. The molecule has 0 saturated carbocycles. The van der Waals surface area contributed by atoms with Gasteiger partial charge < -0.3 is 0 Å². The summed E-state index contributed by atoms with van der Waals surface area (Å²) in [5.74, 6) is 1.52. The number of benzene rings is 1. The standard InChI is InChI=1S/C12H17/c1-10(2)11(3)9-12-7-5-4-6-8-12/h4-7,10-11H,9H2,1-3H3. The molecule has 0 amide bonds. The molecular weight excluding hydrogens is 144 g/mol. The molecule has 65 valence electrons. The predicted octanol–water partition coefficient (Wildman–Crippen LogP) is 3.32. The molecule has 0 spiro atoms. The molecule has 1 rings (SSSR count). The highest BCUT2D eigenvalue weighted by molar-refractivity contribution is 5.13. The molecule has 0 aromatic heterocycles. The van der Waals surface area contributed by atoms with Crippen molar-refractivity contribution in [2.45, 2.75) is 27.2 Å². The van der Waals surface area contributed by atoms with E-state index in [1.165, 1.54) is 5.56 Å². The van der Waals surface area contributed by atoms with Gasteiger partial charge in [0.15, 0.2) is 0 Å². The van der Waals surface area contributed by atoms with Crippen molar-refractivity contribution in [1.82, 2.24) is 0 Å². The summed E-state index contributed by atoms with van der Waals surface area (Å²) < 4.78 is 0. The zero-order valence-corrected chi connectivity index (χ0v) is 8.17. The van der Waals surface area contributed by atoms with E-state index in [4.69, 9.17) is 0 Å². The Morgan fingerprint density at radius 1 is 1.25 bits per heavy atom. The molecule has 0 heterocycles. The van der Waals surface area contributed by atoms with Gasteiger partial charge in [0.2, 0.25) is 0 Å². The highest BCUT2D eigenvalue weighted by atomic mass is 14.1. The molecule has 1 radical (unpaired) electrons. The van der Waals surface area contributed by atoms with Gasteiger partial charge in [-0.3, -0.25) is 0 Å². The zero-order valence-electron chi connectivity index (χ0n) is 8.17. The molecule has 0 bridgehead atoms. The second-order valence-corrected chi connectivity index (χ2v) is 3.81. The summed E-state index contributed by atoms with van der Waals surface area (Å²) >= 11 is 0. The number of hydrogen-bond donors (Lipinski definition) is 0. The number of rotatable bonds is 3. The summed E-state index contributed by atoms with van der Waals surface area (Å²) in [5.41, 5.74) is 1.33. The van der Waals surface area contributed by atoms with Crippen LogP contribution in [0.3, 0.4) is 0 Å². The van der Waals surface area contributed by atoms with Gasteiger partial charge in [0, 0.05) is 0 Å². The van der Waals surface area contributed by atoms with Crippen LogP contribution in [0.15, 0.2) is 24.3 Å². The second-order valence-electron chi connectivity index (χ2n) is 3.81. The van der Waals surface area contributed by atoms with Crippen molar-refractivity contribution in [3.63, 3.8) is 0 Å². The molecule has 1 aromatic rings. The molecule has 0 saturated heterocycles. The first kappa shape index (κ1) is 9.31. The van der Waals surface area contributed by atoms with E-state index in [9.17, 15) is 0 Å². The van der Waals surface area contributed by atoms with Crippen LogP contribution in [-0.4, -0.2) is 0 Å². The molecule has 0 aliphatic rings. The molecule has 1 atom stereocenters. The Kier molecular flexibility index (Phi) is 3.33. The maximum atomic E-state index is 3.25. The fraction of sp³-hybridized carbons (Fsp3) is 0.500. The van der Waals surface area contributed by atoms with E-state index in [0.717, 1.165) is 18.3 Å². The molecular formula is C12H17. The summed E-state index contributed by atoms with van der Waals surface area (Å²) in [6.07, 6.45) is 1.15. The zero-order chi connectivity index (χ0) is 8.97. The summed E-state index contributed by atoms with van der Waals surface area (Å²) in [4.78, 5) is 0. The first-order valence-electron chi connectivity index (χ1n) is 4.65. The molecule has 0 N–H and O–H groups in total. The molecule has 0 nitrogen and oxygen atoms in total. The third-order valence-electron chi connectivity index (χ3n) is 2.45. The van der Waals surface area contributed by atoms with Crippen LogP contribution in [0.4, 0.5) is 0 Å². The lowest BCUT2D eigenvalue weighted by molar-refractivity contribution is 0.417. The average Bonchev–Trinajstić information content (AvgIpc) is 2.06. The van der Waals surface area contributed by atoms with Crippen molar-refractivity contribution in [3.05, 3.63) is 35.9 Å². The van der Waals surface area contributed by atoms with Crippen LogP contribution in [0.1, 0.15) is 26.3 Å². The van der Waals surface area contributed by atoms with Crippen LogP contribution in [0.25, 0.3) is 0 Å². The Morgan fingerprint density at radius 2 is 2.00 bits per heavy atom. The van der Waals surface area contributed by atoms with Crippen LogP contribution < -0.4 is 0 Å². The Balaban J connectivity index is 2.53. The molecule has 1 aromatic carbocycles. The summed E-state index contributed by atoms with van der Waals surface area (Å²) in [5, 5.41) is 0. The SMILES string of the molecule is CC(C)C(C)Cc1[c]cccc1. The molecule has 1 unspecified atom stereocenters. The average molecular weight is 161 g/mol. The van der Waals surface area contributed by atoms with Crippen molar-refractivity contribution >= 4 is 0 Å². The Hall–Kier alpha value is -0.780. The van der Waals surface area contributed by atoms with Crippen LogP contribution in [0, 0.1) is 17.9 Å². The van der Waals surface area contributed by atoms with E-state index >= 15 is 0 Å². The minimum Gasteiger partial charge on any atom is -0.0625 e. The van der Waals surface area contributed by atoms with Crippen molar-refractivity contribution in [1.29, 1.82) is 0 Å². The quantitative estimate of drug-likeness (QED) is 0.638. The number of hydrogen-bond acceptors (Lipinski definition) is 0. The molecule has 0 heteroatoms. The van der Waals surface area contributed by atoms with E-state index in [1.807, 2.05) is 12.1 Å². The van der Waals surface area contributed by atoms with E-state index in [-0.39, 0.29) is 0 Å². The van der Waals surface area contributed by atoms with Gasteiger partial charge >= 0.3 is 0 Å². The molecule has 0 aliphatic carbocycles. The molecule has 12 heavy (non-hydrogen) atoms. The summed E-state index contributed by atoms with van der Waals surface area (Å²) in [7, 11) is 0. The van der Waals surface area contributed by atoms with Gasteiger partial charge in [-0.25, -0.2) is 0 Å². The summed E-state index contributed by atoms with van der Waals surface area (Å²) in [6.45, 7) is 6.84. The topological polar surface area (TPSA) is 0 Å². The van der Waals surface area contributed by atoms with Crippen LogP contribution in [0.5, 0.6) is 0 Å². The first-order valence-corrected chi connectivity index (χ1v) is 4.65. The van der Waals surface area contributed by atoms with Crippen molar-refractivity contribution < 1.29 is 0 Å². The van der Waals surface area contributed by atoms with Gasteiger partial charge in [0.1, 0.15) is 0 Å². The van der Waals surface area contributed by atoms with Crippen molar-refractivity contribution in [3.8, 4) is 0 Å². The summed E-state index contributed by atoms with van der Waals surface area (Å²) in [6, 6.07) is 11.5. The lowest BCUT2D eigenvalue weighted by atomic mass is 9.91. The third kappa shape index (κ3) is 2.69. The van der Waals surface area contributed by atoms with Gasteiger partial charge in [-0.05, 0) is 29.9 Å². The van der Waals surface area contributed by atoms with Crippen LogP contribution in [0.2, 0.25) is 0 Å². The predicted molar refractivity (Wildman–Crippen MR) is 53.0 cm³/mol. The first-order chi connectivity index (χ1) is 5.70. The minimum absolute atomic E-state index is 0.753. The maximum Gasteiger partial charge on any atom is -0.0149 e. The minimum atomic E-state index is 0.753. The van der Waals surface area contributed by atoms with Crippen molar-refractivity contribution in [2.24, 2.45) is 11.8 Å². The normalized spacial score (nSPS) is 13.3. The van der Waals surface area contributed by atoms with E-state index in [0.29, 0.717) is 0 Å². The largest absolute Gasteiger partial charge is 0.0625 e. The Bertz CT molecular complexity index is 211. The second kappa shape index (κ2) is 4.30. The van der Waals surface area contributed by atoms with Crippen LogP contribution in [-0.2, 0) is 6.42 Å². The lowest BCUT2D eigenvalue weighted by Gasteiger charge is -2.14. The fourth-order valence-electron chi connectivity index (χ4n) is 1.14. The highest BCUT2D eigenvalue weighted by Gasteiger charge is 2.06.